The first-order valence-corrected chi connectivity index (χ1v) is 12.1. The van der Waals surface area contributed by atoms with Crippen LogP contribution >= 0.6 is 11.3 Å². The average Bonchev–Trinajstić information content (AvgIpc) is 3.36. The molecule has 2 amide bonds. The summed E-state index contributed by atoms with van der Waals surface area (Å²) in [4.78, 5) is 36.6. The number of rotatable bonds is 4. The van der Waals surface area contributed by atoms with Crippen LogP contribution in [0, 0.1) is 5.92 Å². The lowest BCUT2D eigenvalue weighted by Gasteiger charge is -2.47. The molecule has 0 radical (unpaired) electrons. The highest BCUT2D eigenvalue weighted by molar-refractivity contribution is 7.13. The molecule has 3 N–H and O–H groups in total. The van der Waals surface area contributed by atoms with Crippen molar-refractivity contribution in [3.63, 3.8) is 0 Å². The molecule has 1 fully saturated rings. The molecule has 7 nitrogen and oxygen atoms in total. The maximum absolute atomic E-state index is 13.4. The summed E-state index contributed by atoms with van der Waals surface area (Å²) in [6.07, 6.45) is 5.73. The molecule has 0 bridgehead atoms. The maximum Gasteiger partial charge on any atom is 0.313 e. The van der Waals surface area contributed by atoms with E-state index in [-0.39, 0.29) is 0 Å². The van der Waals surface area contributed by atoms with Crippen LogP contribution in [0.3, 0.4) is 0 Å². The summed E-state index contributed by atoms with van der Waals surface area (Å²) >= 11 is 1.59. The highest BCUT2D eigenvalue weighted by atomic mass is 32.1. The van der Waals surface area contributed by atoms with Gasteiger partial charge in [-0.25, -0.2) is 9.97 Å². The minimum absolute atomic E-state index is 0.314. The molecule has 33 heavy (non-hydrogen) atoms. The maximum atomic E-state index is 13.4. The Kier molecular flexibility index (Phi) is 6.47. The number of nitrogens with two attached hydrogens (primary N) is 1. The zero-order valence-electron chi connectivity index (χ0n) is 19.2. The number of carbonyl (C=O) groups is 2. The summed E-state index contributed by atoms with van der Waals surface area (Å²) in [6.45, 7) is 6.64. The van der Waals surface area contributed by atoms with Gasteiger partial charge >= 0.3 is 11.8 Å². The summed E-state index contributed by atoms with van der Waals surface area (Å²) in [5.74, 6) is -0.457. The number of aryl methyl sites for hydroxylation is 1. The van der Waals surface area contributed by atoms with Gasteiger partial charge in [0, 0.05) is 23.7 Å². The Morgan fingerprint density at radius 1 is 1.27 bits per heavy atom. The topological polar surface area (TPSA) is 101 Å². The number of nitrogens with zero attached hydrogens (tertiary/aromatic N) is 3. The number of aromatic nitrogens is 2. The van der Waals surface area contributed by atoms with E-state index in [1.165, 1.54) is 6.20 Å². The SMILES string of the molecule is CCc1cc(NC(=O)C(=O)N2C[C@@H](C)CC[C@@]2(C)c2ccc(-c3nccs3)cc2)cnc1N. The van der Waals surface area contributed by atoms with E-state index in [9.17, 15) is 9.59 Å². The number of likely N-dealkylation sites (tertiary alicyclic amines) is 1. The predicted octanol–water partition coefficient (Wildman–Crippen LogP) is 4.46. The first kappa shape index (κ1) is 22.9. The molecule has 2 atom stereocenters. The van der Waals surface area contributed by atoms with Crippen molar-refractivity contribution in [3.05, 3.63) is 59.2 Å². The van der Waals surface area contributed by atoms with Crippen LogP contribution in [0.25, 0.3) is 10.6 Å². The second kappa shape index (κ2) is 9.31. The molecular formula is C25H29N5O2S. The van der Waals surface area contributed by atoms with Crippen LogP contribution in [0.2, 0.25) is 0 Å². The highest BCUT2D eigenvalue weighted by Crippen LogP contribution is 2.40. The average molecular weight is 464 g/mol. The molecule has 3 aromatic rings. The van der Waals surface area contributed by atoms with Crippen molar-refractivity contribution in [2.24, 2.45) is 5.92 Å². The van der Waals surface area contributed by atoms with Crippen molar-refractivity contribution >= 4 is 34.7 Å². The molecule has 0 aliphatic carbocycles. The lowest BCUT2D eigenvalue weighted by Crippen LogP contribution is -2.55. The van der Waals surface area contributed by atoms with E-state index in [1.54, 1.807) is 28.5 Å². The number of piperidine rings is 1. The Balaban J connectivity index is 1.58. The fourth-order valence-electron chi connectivity index (χ4n) is 4.39. The van der Waals surface area contributed by atoms with Crippen molar-refractivity contribution in [2.45, 2.75) is 45.6 Å². The molecule has 0 spiro atoms. The van der Waals surface area contributed by atoms with Crippen LogP contribution in [-0.2, 0) is 21.5 Å². The molecule has 172 valence electrons. The van der Waals surface area contributed by atoms with Crippen molar-refractivity contribution in [1.82, 2.24) is 14.9 Å². The summed E-state index contributed by atoms with van der Waals surface area (Å²) in [7, 11) is 0. The van der Waals surface area contributed by atoms with E-state index in [0.29, 0.717) is 30.4 Å². The van der Waals surface area contributed by atoms with Crippen LogP contribution in [0.1, 0.15) is 44.7 Å². The Morgan fingerprint density at radius 2 is 2.03 bits per heavy atom. The zero-order valence-corrected chi connectivity index (χ0v) is 20.0. The molecule has 0 saturated carbocycles. The van der Waals surface area contributed by atoms with E-state index in [4.69, 9.17) is 5.73 Å². The number of carbonyl (C=O) groups excluding carboxylic acids is 2. The van der Waals surface area contributed by atoms with Crippen molar-refractivity contribution in [1.29, 1.82) is 0 Å². The lowest BCUT2D eigenvalue weighted by atomic mass is 9.78. The fraction of sp³-hybridized carbons (Fsp3) is 0.360. The summed E-state index contributed by atoms with van der Waals surface area (Å²) < 4.78 is 0. The quantitative estimate of drug-likeness (QED) is 0.556. The van der Waals surface area contributed by atoms with E-state index >= 15 is 0 Å². The Hall–Kier alpha value is -3.26. The van der Waals surface area contributed by atoms with Crippen molar-refractivity contribution in [2.75, 3.05) is 17.6 Å². The number of pyridine rings is 1. The van der Waals surface area contributed by atoms with Crippen LogP contribution < -0.4 is 11.1 Å². The first-order chi connectivity index (χ1) is 15.8. The van der Waals surface area contributed by atoms with Crippen LogP contribution in [0.15, 0.2) is 48.1 Å². The van der Waals surface area contributed by atoms with Gasteiger partial charge in [-0.15, -0.1) is 11.3 Å². The molecule has 0 unspecified atom stereocenters. The van der Waals surface area contributed by atoms with Gasteiger partial charge in [-0.3, -0.25) is 9.59 Å². The van der Waals surface area contributed by atoms with E-state index in [0.717, 1.165) is 34.5 Å². The van der Waals surface area contributed by atoms with Gasteiger partial charge in [0.1, 0.15) is 10.8 Å². The summed E-state index contributed by atoms with van der Waals surface area (Å²) in [5.41, 5.74) is 8.64. The normalized spacial score (nSPS) is 20.5. The standard InChI is InChI=1S/C25H29N5O2S/c1-4-17-13-20(14-28-21(17)26)29-22(31)24(32)30-15-16(2)9-10-25(30,3)19-7-5-18(6-8-19)23-27-11-12-33-23/h5-8,11-14,16H,4,9-10,15H2,1-3H3,(H2,26,28)(H,29,31)/t16-,25-/m0/s1. The minimum Gasteiger partial charge on any atom is -0.383 e. The van der Waals surface area contributed by atoms with Gasteiger partial charge in [-0.2, -0.15) is 0 Å². The molecule has 1 aliphatic rings. The van der Waals surface area contributed by atoms with Gasteiger partial charge in [-0.05, 0) is 49.3 Å². The fourth-order valence-corrected chi connectivity index (χ4v) is 5.04. The third-order valence-electron chi connectivity index (χ3n) is 6.48. The second-order valence-corrected chi connectivity index (χ2v) is 9.72. The summed E-state index contributed by atoms with van der Waals surface area (Å²) in [5, 5.41) is 5.63. The van der Waals surface area contributed by atoms with Crippen molar-refractivity contribution in [3.8, 4) is 10.6 Å². The number of benzene rings is 1. The molecular weight excluding hydrogens is 434 g/mol. The lowest BCUT2D eigenvalue weighted by molar-refractivity contribution is -0.150. The van der Waals surface area contributed by atoms with Gasteiger partial charge in [0.15, 0.2) is 0 Å². The zero-order chi connectivity index (χ0) is 23.6. The Labute approximate surface area is 198 Å². The molecule has 8 heteroatoms. The molecule has 4 rings (SSSR count). The number of amides is 2. The molecule has 1 aromatic carbocycles. The number of nitrogens with one attached hydrogen (secondary N) is 1. The van der Waals surface area contributed by atoms with Gasteiger partial charge in [-0.1, -0.05) is 38.1 Å². The molecule has 1 saturated heterocycles. The van der Waals surface area contributed by atoms with Crippen molar-refractivity contribution < 1.29 is 9.59 Å². The third kappa shape index (κ3) is 4.61. The number of thiazole rings is 1. The van der Waals surface area contributed by atoms with Crippen LogP contribution in [-0.4, -0.2) is 33.2 Å². The molecule has 3 heterocycles. The van der Waals surface area contributed by atoms with Crippen LogP contribution in [0.4, 0.5) is 11.5 Å². The minimum atomic E-state index is -0.664. The first-order valence-electron chi connectivity index (χ1n) is 11.2. The van der Waals surface area contributed by atoms with Gasteiger partial charge in [0.05, 0.1) is 17.4 Å². The number of anilines is 2. The van der Waals surface area contributed by atoms with Crippen LogP contribution in [0.5, 0.6) is 0 Å². The number of nitrogen functional groups attached to an aromatic ring is 1. The predicted molar refractivity (Wildman–Crippen MR) is 132 cm³/mol. The largest absolute Gasteiger partial charge is 0.383 e. The third-order valence-corrected chi connectivity index (χ3v) is 7.30. The number of hydrogen-bond donors (Lipinski definition) is 2. The highest BCUT2D eigenvalue weighted by Gasteiger charge is 2.43. The van der Waals surface area contributed by atoms with E-state index in [1.807, 2.05) is 43.5 Å². The van der Waals surface area contributed by atoms with Gasteiger partial charge in [0.25, 0.3) is 0 Å². The monoisotopic (exact) mass is 463 g/mol. The van der Waals surface area contributed by atoms with E-state index < -0.39 is 17.4 Å². The molecule has 1 aliphatic heterocycles. The summed E-state index contributed by atoms with van der Waals surface area (Å²) in [6, 6.07) is 9.92. The molecule has 2 aromatic heterocycles. The smallest absolute Gasteiger partial charge is 0.313 e. The Bertz CT molecular complexity index is 1150. The van der Waals surface area contributed by atoms with E-state index in [2.05, 4.69) is 22.2 Å². The van der Waals surface area contributed by atoms with Gasteiger partial charge < -0.3 is 16.0 Å². The Morgan fingerprint density at radius 3 is 2.70 bits per heavy atom. The van der Waals surface area contributed by atoms with Gasteiger partial charge in [0.2, 0.25) is 0 Å². The second-order valence-electron chi connectivity index (χ2n) is 8.82. The number of hydrogen-bond acceptors (Lipinski definition) is 6.